The van der Waals surface area contributed by atoms with Crippen molar-refractivity contribution in [2.75, 3.05) is 14.1 Å². The van der Waals surface area contributed by atoms with Gasteiger partial charge in [-0.25, -0.2) is 0 Å². The smallest absolute Gasteiger partial charge is 0.255 e. The predicted octanol–water partition coefficient (Wildman–Crippen LogP) is 2.27. The molecular weight excluding hydrogens is 530 g/mol. The number of ketones is 2. The van der Waals surface area contributed by atoms with Crippen LogP contribution >= 0.6 is 0 Å². The lowest BCUT2D eigenvalue weighted by atomic mass is 9.58. The number of nitrogens with zero attached hydrogens (tertiary/aromatic N) is 1. The van der Waals surface area contributed by atoms with Gasteiger partial charge in [-0.05, 0) is 83.5 Å². The summed E-state index contributed by atoms with van der Waals surface area (Å²) in [6.07, 6.45) is 0.189. The van der Waals surface area contributed by atoms with Crippen molar-refractivity contribution in [2.45, 2.75) is 57.3 Å². The van der Waals surface area contributed by atoms with Gasteiger partial charge in [-0.3, -0.25) is 19.3 Å². The van der Waals surface area contributed by atoms with Crippen LogP contribution in [0.3, 0.4) is 0 Å². The van der Waals surface area contributed by atoms with Crippen LogP contribution in [0.2, 0.25) is 0 Å². The maximum absolute atomic E-state index is 13.9. The van der Waals surface area contributed by atoms with Crippen molar-refractivity contribution < 1.29 is 39.2 Å². The van der Waals surface area contributed by atoms with Crippen LogP contribution in [0.5, 0.6) is 5.75 Å². The molecule has 7 N–H and O–H groups in total. The number of benzene rings is 1. The van der Waals surface area contributed by atoms with E-state index in [1.165, 1.54) is 11.0 Å². The summed E-state index contributed by atoms with van der Waals surface area (Å²) >= 11 is 0. The summed E-state index contributed by atoms with van der Waals surface area (Å²) in [6, 6.07) is 5.59. The highest BCUT2D eigenvalue weighted by atomic mass is 16.4. The number of rotatable bonds is 5. The maximum Gasteiger partial charge on any atom is 0.255 e. The highest BCUT2D eigenvalue weighted by Gasteiger charge is 2.63. The molecule has 0 aliphatic heterocycles. The number of hydrogen-bond acceptors (Lipinski definition) is 10. The number of hydrogen-bond donors (Lipinski definition) is 6. The topological polar surface area (TPSA) is 187 Å². The molecule has 5 rings (SSSR count). The van der Waals surface area contributed by atoms with Crippen molar-refractivity contribution in [3.05, 3.63) is 63.8 Å². The van der Waals surface area contributed by atoms with E-state index in [1.807, 2.05) is 26.8 Å². The molecule has 0 bridgehead atoms. The van der Waals surface area contributed by atoms with Crippen LogP contribution in [0, 0.1) is 11.8 Å². The summed E-state index contributed by atoms with van der Waals surface area (Å²) in [5.74, 6) is -5.67. The Balaban J connectivity index is 1.62. The Morgan fingerprint density at radius 1 is 1.15 bits per heavy atom. The minimum Gasteiger partial charge on any atom is -0.510 e. The maximum atomic E-state index is 13.9. The van der Waals surface area contributed by atoms with Crippen LogP contribution in [0.25, 0.3) is 11.3 Å². The van der Waals surface area contributed by atoms with E-state index in [9.17, 15) is 34.8 Å². The third kappa shape index (κ3) is 4.35. The molecule has 0 spiro atoms. The van der Waals surface area contributed by atoms with Crippen LogP contribution in [0.15, 0.2) is 51.3 Å². The average Bonchev–Trinajstić information content (AvgIpc) is 3.33. The number of fused-ring (bicyclic) bond motifs is 3. The average molecular weight is 566 g/mol. The first-order valence-electron chi connectivity index (χ1n) is 13.4. The molecule has 1 amide bonds. The minimum atomic E-state index is -2.67. The van der Waals surface area contributed by atoms with E-state index < -0.39 is 58.0 Å². The van der Waals surface area contributed by atoms with Crippen LogP contribution in [-0.4, -0.2) is 74.1 Å². The number of nitrogens with two attached hydrogens (primary N) is 1. The highest BCUT2D eigenvalue weighted by Crippen LogP contribution is 2.53. The van der Waals surface area contributed by atoms with Crippen molar-refractivity contribution >= 4 is 17.5 Å². The van der Waals surface area contributed by atoms with Gasteiger partial charge in [-0.1, -0.05) is 0 Å². The summed E-state index contributed by atoms with van der Waals surface area (Å²) in [6.45, 7) is 6.59. The second kappa shape index (κ2) is 9.57. The molecule has 1 aromatic carbocycles. The molecule has 1 heterocycles. The summed E-state index contributed by atoms with van der Waals surface area (Å²) in [5.41, 5.74) is 2.58. The van der Waals surface area contributed by atoms with E-state index in [2.05, 4.69) is 5.32 Å². The Hall–Kier alpha value is -3.93. The normalized spacial score (nSPS) is 26.3. The first-order chi connectivity index (χ1) is 19.1. The second-order valence-corrected chi connectivity index (χ2v) is 12.3. The molecule has 11 heteroatoms. The molecule has 1 aromatic heterocycles. The first-order valence-corrected chi connectivity index (χ1v) is 13.4. The molecule has 41 heavy (non-hydrogen) atoms. The van der Waals surface area contributed by atoms with Gasteiger partial charge in [-0.15, -0.1) is 0 Å². The van der Waals surface area contributed by atoms with Crippen molar-refractivity contribution in [1.82, 2.24) is 10.2 Å². The molecule has 0 saturated heterocycles. The SMILES string of the molecule is CN(C)[C@H]1C(O)=C(C(N)=O)C(=O)[C@@]2(O)C(O)=C3C(=O)c4c(O)ccc(-c5ccc(CNC(C)(C)C)o5)c4C[C@H]3C[C@@H]12. The Morgan fingerprint density at radius 2 is 1.83 bits per heavy atom. The summed E-state index contributed by atoms with van der Waals surface area (Å²) in [4.78, 5) is 40.9. The van der Waals surface area contributed by atoms with E-state index in [-0.39, 0.29) is 35.3 Å². The molecule has 2 aromatic rings. The fourth-order valence-corrected chi connectivity index (χ4v) is 6.45. The molecule has 3 aliphatic rings. The predicted molar refractivity (Wildman–Crippen MR) is 148 cm³/mol. The monoisotopic (exact) mass is 565 g/mol. The Morgan fingerprint density at radius 3 is 2.44 bits per heavy atom. The fourth-order valence-electron chi connectivity index (χ4n) is 6.45. The molecule has 218 valence electrons. The fraction of sp³-hybridized carbons (Fsp3) is 0.433. The van der Waals surface area contributed by atoms with E-state index in [0.29, 0.717) is 29.2 Å². The zero-order valence-corrected chi connectivity index (χ0v) is 23.6. The second-order valence-electron chi connectivity index (χ2n) is 12.3. The molecule has 0 unspecified atom stereocenters. The van der Waals surface area contributed by atoms with Gasteiger partial charge >= 0.3 is 0 Å². The van der Waals surface area contributed by atoms with Crippen molar-refractivity contribution in [2.24, 2.45) is 17.6 Å². The van der Waals surface area contributed by atoms with Gasteiger partial charge in [0.25, 0.3) is 5.91 Å². The molecule has 0 saturated carbocycles. The first kappa shape index (κ1) is 28.6. The van der Waals surface area contributed by atoms with E-state index >= 15 is 0 Å². The number of allylic oxidation sites excluding steroid dienone is 1. The molecule has 11 nitrogen and oxygen atoms in total. The van der Waals surface area contributed by atoms with Gasteiger partial charge in [0.1, 0.15) is 34.4 Å². The lowest BCUT2D eigenvalue weighted by molar-refractivity contribution is -0.148. The zero-order valence-electron chi connectivity index (χ0n) is 23.6. The molecule has 0 radical (unpaired) electrons. The standard InChI is InChI=1S/C30H35N3O8/c1-29(2,3)32-12-14-6-9-19(41-14)15-7-8-18(34)21-16(15)10-13-11-17-23(33(4)5)25(36)22(28(31)39)27(38)30(17,40)26(37)20(13)24(21)35/h6-9,13,17,23,32,34,36-37,40H,10-12H2,1-5H3,(H2,31,39)/t13-,17-,23+,30-/m0/s1. The zero-order chi connectivity index (χ0) is 30.2. The van der Waals surface area contributed by atoms with Crippen LogP contribution in [-0.2, 0) is 22.6 Å². The quantitative estimate of drug-likeness (QED) is 0.294. The number of amides is 1. The van der Waals surface area contributed by atoms with Crippen LogP contribution in [0.4, 0.5) is 0 Å². The summed E-state index contributed by atoms with van der Waals surface area (Å²) < 4.78 is 6.09. The summed E-state index contributed by atoms with van der Waals surface area (Å²) in [7, 11) is 3.18. The number of aliphatic hydroxyl groups excluding tert-OH is 2. The van der Waals surface area contributed by atoms with E-state index in [4.69, 9.17) is 10.2 Å². The third-order valence-corrected chi connectivity index (χ3v) is 8.33. The molecule has 4 atom stereocenters. The number of carbonyl (C=O) groups is 3. The van der Waals surface area contributed by atoms with Gasteiger partial charge in [0.15, 0.2) is 11.4 Å². The van der Waals surface area contributed by atoms with Gasteiger partial charge in [0.05, 0.1) is 18.2 Å². The van der Waals surface area contributed by atoms with E-state index in [1.54, 1.807) is 26.2 Å². The number of aromatic hydroxyl groups is 1. The van der Waals surface area contributed by atoms with Gasteiger partial charge < -0.3 is 35.9 Å². The molecule has 0 fully saturated rings. The number of aliphatic hydroxyl groups is 3. The molecule has 3 aliphatic carbocycles. The minimum absolute atomic E-state index is 0.0137. The molecular formula is C30H35N3O8. The lowest BCUT2D eigenvalue weighted by Gasteiger charge is -2.50. The van der Waals surface area contributed by atoms with Crippen LogP contribution < -0.4 is 11.1 Å². The van der Waals surface area contributed by atoms with Gasteiger partial charge in [-0.2, -0.15) is 0 Å². The van der Waals surface area contributed by atoms with Gasteiger partial charge in [0.2, 0.25) is 5.78 Å². The third-order valence-electron chi connectivity index (χ3n) is 8.33. The number of likely N-dealkylation sites (N-methyl/N-ethyl adjacent to an activating group) is 1. The van der Waals surface area contributed by atoms with Gasteiger partial charge in [0, 0.05) is 22.6 Å². The Kier molecular flexibility index (Phi) is 6.68. The number of phenolic OH excluding ortho intramolecular Hbond substituents is 1. The summed E-state index contributed by atoms with van der Waals surface area (Å²) in [5, 5.41) is 48.2. The van der Waals surface area contributed by atoms with Crippen molar-refractivity contribution in [3.8, 4) is 17.1 Å². The number of Topliss-reactive ketones (excluding diaryl/α,β-unsaturated/α-hetero) is 2. The Labute approximate surface area is 236 Å². The van der Waals surface area contributed by atoms with Crippen molar-refractivity contribution in [3.63, 3.8) is 0 Å². The Bertz CT molecular complexity index is 1540. The van der Waals surface area contributed by atoms with Crippen LogP contribution in [0.1, 0.15) is 48.9 Å². The largest absolute Gasteiger partial charge is 0.510 e. The van der Waals surface area contributed by atoms with Crippen molar-refractivity contribution in [1.29, 1.82) is 0 Å². The number of primary amides is 1. The highest BCUT2D eigenvalue weighted by molar-refractivity contribution is 6.24. The number of nitrogens with one attached hydrogen (secondary N) is 1. The number of furan rings is 1. The van der Waals surface area contributed by atoms with E-state index in [0.717, 1.165) is 0 Å². The lowest BCUT2D eigenvalue weighted by Crippen LogP contribution is -2.63. The number of phenols is 1. The number of carbonyl (C=O) groups excluding carboxylic acids is 3.